The maximum Gasteiger partial charge on any atom is 0.0417 e. The molecule has 3 heteroatoms. The van der Waals surface area contributed by atoms with Crippen LogP contribution in [-0.4, -0.2) is 6.54 Å². The minimum absolute atomic E-state index is 0.523. The molecule has 0 spiro atoms. The Balaban J connectivity index is 2.60. The molecule has 1 aromatic heterocycles. The smallest absolute Gasteiger partial charge is 0.0417 e. The average Bonchev–Trinajstić information content (AvgIpc) is 2.70. The maximum absolute atomic E-state index is 3.69. The molecule has 0 amide bonds. The van der Waals surface area contributed by atoms with E-state index in [1.165, 1.54) is 28.6 Å². The zero-order valence-corrected chi connectivity index (χ0v) is 14.4. The topological polar surface area (TPSA) is 12.0 Å². The lowest BCUT2D eigenvalue weighted by Gasteiger charge is -2.22. The van der Waals surface area contributed by atoms with Crippen LogP contribution in [0.3, 0.4) is 0 Å². The van der Waals surface area contributed by atoms with Crippen LogP contribution in [0.2, 0.25) is 0 Å². The molecule has 1 rings (SSSR count). The Morgan fingerprint density at radius 2 is 2.00 bits per heavy atom. The fraction of sp³-hybridized carbons (Fsp3) is 0.733. The molecule has 2 unspecified atom stereocenters. The first-order valence-electron chi connectivity index (χ1n) is 7.00. The number of halogens is 1. The largest absolute Gasteiger partial charge is 0.309 e. The second-order valence-electron chi connectivity index (χ2n) is 5.64. The molecule has 0 aliphatic rings. The SMILES string of the molecule is CCCNC(CC(C)CC(C)C)c1cc(Br)cs1. The summed E-state index contributed by atoms with van der Waals surface area (Å²) in [5, 5.41) is 5.88. The molecule has 0 saturated heterocycles. The first kappa shape index (κ1) is 16.2. The van der Waals surface area contributed by atoms with Crippen LogP contribution in [-0.2, 0) is 0 Å². The molecule has 0 radical (unpaired) electrons. The number of thiophene rings is 1. The van der Waals surface area contributed by atoms with Crippen LogP contribution >= 0.6 is 27.3 Å². The Hall–Kier alpha value is 0.140. The van der Waals surface area contributed by atoms with Gasteiger partial charge in [0.15, 0.2) is 0 Å². The summed E-state index contributed by atoms with van der Waals surface area (Å²) < 4.78 is 1.21. The van der Waals surface area contributed by atoms with Gasteiger partial charge in [-0.25, -0.2) is 0 Å². The molecule has 0 aliphatic heterocycles. The van der Waals surface area contributed by atoms with E-state index in [1.54, 1.807) is 0 Å². The molecular formula is C15H26BrNS. The van der Waals surface area contributed by atoms with Crippen LogP contribution in [0, 0.1) is 11.8 Å². The molecule has 1 N–H and O–H groups in total. The van der Waals surface area contributed by atoms with E-state index in [-0.39, 0.29) is 0 Å². The fourth-order valence-electron chi connectivity index (χ4n) is 2.43. The van der Waals surface area contributed by atoms with Crippen molar-refractivity contribution in [2.45, 2.75) is 53.0 Å². The lowest BCUT2D eigenvalue weighted by molar-refractivity contribution is 0.359. The predicted molar refractivity (Wildman–Crippen MR) is 86.3 cm³/mol. The van der Waals surface area contributed by atoms with Crippen LogP contribution in [0.4, 0.5) is 0 Å². The van der Waals surface area contributed by atoms with Crippen molar-refractivity contribution in [3.05, 3.63) is 20.8 Å². The van der Waals surface area contributed by atoms with Gasteiger partial charge in [0.2, 0.25) is 0 Å². The van der Waals surface area contributed by atoms with Crippen LogP contribution in [0.25, 0.3) is 0 Å². The first-order valence-corrected chi connectivity index (χ1v) is 8.67. The molecule has 0 fully saturated rings. The minimum atomic E-state index is 0.523. The summed E-state index contributed by atoms with van der Waals surface area (Å²) in [5.41, 5.74) is 0. The highest BCUT2D eigenvalue weighted by Crippen LogP contribution is 2.31. The maximum atomic E-state index is 3.69. The van der Waals surface area contributed by atoms with Crippen LogP contribution in [0.1, 0.15) is 57.9 Å². The van der Waals surface area contributed by atoms with E-state index in [1.807, 2.05) is 11.3 Å². The van der Waals surface area contributed by atoms with Crippen molar-refractivity contribution in [1.29, 1.82) is 0 Å². The van der Waals surface area contributed by atoms with Crippen molar-refractivity contribution in [1.82, 2.24) is 5.32 Å². The van der Waals surface area contributed by atoms with Crippen LogP contribution in [0.15, 0.2) is 15.9 Å². The third kappa shape index (κ3) is 5.85. The molecule has 0 bridgehead atoms. The molecule has 0 aromatic carbocycles. The second kappa shape index (κ2) is 8.34. The number of rotatable bonds is 8. The van der Waals surface area contributed by atoms with Gasteiger partial charge >= 0.3 is 0 Å². The van der Waals surface area contributed by atoms with Crippen LogP contribution < -0.4 is 5.32 Å². The Morgan fingerprint density at radius 3 is 2.50 bits per heavy atom. The molecule has 104 valence electrons. The number of hydrogen-bond donors (Lipinski definition) is 1. The summed E-state index contributed by atoms with van der Waals surface area (Å²) in [6.45, 7) is 10.3. The van der Waals surface area contributed by atoms with Crippen molar-refractivity contribution in [2.24, 2.45) is 11.8 Å². The zero-order valence-electron chi connectivity index (χ0n) is 12.0. The van der Waals surface area contributed by atoms with Gasteiger partial charge in [-0.1, -0.05) is 27.7 Å². The highest BCUT2D eigenvalue weighted by atomic mass is 79.9. The normalized spacial score (nSPS) is 15.0. The lowest BCUT2D eigenvalue weighted by Crippen LogP contribution is -2.23. The predicted octanol–water partition coefficient (Wildman–Crippen LogP) is 5.62. The Morgan fingerprint density at radius 1 is 1.28 bits per heavy atom. The van der Waals surface area contributed by atoms with Crippen molar-refractivity contribution >= 4 is 27.3 Å². The molecule has 1 heterocycles. The molecule has 2 atom stereocenters. The van der Waals surface area contributed by atoms with Gasteiger partial charge in [0, 0.05) is 20.8 Å². The molecule has 18 heavy (non-hydrogen) atoms. The fourth-order valence-corrected chi connectivity index (χ4v) is 3.97. The molecule has 1 aromatic rings. The van der Waals surface area contributed by atoms with E-state index in [9.17, 15) is 0 Å². The van der Waals surface area contributed by atoms with Gasteiger partial charge in [-0.05, 0) is 59.6 Å². The average molecular weight is 332 g/mol. The Bertz CT molecular complexity index is 335. The summed E-state index contributed by atoms with van der Waals surface area (Å²) in [6, 6.07) is 2.79. The first-order chi connectivity index (χ1) is 8.52. The van der Waals surface area contributed by atoms with E-state index in [0.717, 1.165) is 18.4 Å². The van der Waals surface area contributed by atoms with E-state index in [2.05, 4.69) is 60.4 Å². The number of nitrogens with one attached hydrogen (secondary N) is 1. The van der Waals surface area contributed by atoms with E-state index in [0.29, 0.717) is 6.04 Å². The second-order valence-corrected chi connectivity index (χ2v) is 7.50. The molecule has 1 nitrogen and oxygen atoms in total. The van der Waals surface area contributed by atoms with Gasteiger partial charge in [-0.15, -0.1) is 11.3 Å². The van der Waals surface area contributed by atoms with Gasteiger partial charge in [-0.3, -0.25) is 0 Å². The molecule has 0 aliphatic carbocycles. The summed E-state index contributed by atoms with van der Waals surface area (Å²) in [5.74, 6) is 1.57. The highest BCUT2D eigenvalue weighted by Gasteiger charge is 2.17. The Kier molecular flexibility index (Phi) is 7.50. The minimum Gasteiger partial charge on any atom is -0.309 e. The van der Waals surface area contributed by atoms with Gasteiger partial charge in [0.1, 0.15) is 0 Å². The van der Waals surface area contributed by atoms with Crippen molar-refractivity contribution in [3.63, 3.8) is 0 Å². The zero-order chi connectivity index (χ0) is 13.5. The standard InChI is InChI=1S/C15H26BrNS/c1-5-6-17-14(8-12(4)7-11(2)3)15-9-13(16)10-18-15/h9-12,14,17H,5-8H2,1-4H3. The highest BCUT2D eigenvalue weighted by molar-refractivity contribution is 9.10. The lowest BCUT2D eigenvalue weighted by atomic mass is 9.92. The van der Waals surface area contributed by atoms with Crippen molar-refractivity contribution < 1.29 is 0 Å². The van der Waals surface area contributed by atoms with Crippen molar-refractivity contribution in [3.8, 4) is 0 Å². The summed E-state index contributed by atoms with van der Waals surface area (Å²) in [6.07, 6.45) is 3.75. The molecule has 0 saturated carbocycles. The van der Waals surface area contributed by atoms with Gasteiger partial charge in [0.25, 0.3) is 0 Å². The monoisotopic (exact) mass is 331 g/mol. The third-order valence-corrected chi connectivity index (χ3v) is 4.89. The van der Waals surface area contributed by atoms with Gasteiger partial charge < -0.3 is 5.32 Å². The van der Waals surface area contributed by atoms with Crippen molar-refractivity contribution in [2.75, 3.05) is 6.54 Å². The Labute approximate surface area is 125 Å². The van der Waals surface area contributed by atoms with E-state index >= 15 is 0 Å². The summed E-state index contributed by atoms with van der Waals surface area (Å²) in [4.78, 5) is 1.46. The van der Waals surface area contributed by atoms with E-state index in [4.69, 9.17) is 0 Å². The summed E-state index contributed by atoms with van der Waals surface area (Å²) >= 11 is 5.42. The summed E-state index contributed by atoms with van der Waals surface area (Å²) in [7, 11) is 0. The molecular weight excluding hydrogens is 306 g/mol. The number of hydrogen-bond acceptors (Lipinski definition) is 2. The quantitative estimate of drug-likeness (QED) is 0.651. The van der Waals surface area contributed by atoms with Gasteiger partial charge in [0.05, 0.1) is 0 Å². The van der Waals surface area contributed by atoms with Crippen LogP contribution in [0.5, 0.6) is 0 Å². The van der Waals surface area contributed by atoms with Gasteiger partial charge in [-0.2, -0.15) is 0 Å². The third-order valence-electron chi connectivity index (χ3n) is 3.08. The van der Waals surface area contributed by atoms with E-state index < -0.39 is 0 Å².